The lowest BCUT2D eigenvalue weighted by Crippen LogP contribution is -2.46. The van der Waals surface area contributed by atoms with E-state index >= 15 is 0 Å². The number of hydrogen-bond donors (Lipinski definition) is 2. The molecule has 7 nitrogen and oxygen atoms in total. The predicted octanol–water partition coefficient (Wildman–Crippen LogP) is 0.953. The number of nitrogens with one attached hydrogen (secondary N) is 2. The van der Waals surface area contributed by atoms with Crippen LogP contribution in [0.5, 0.6) is 0 Å². The Morgan fingerprint density at radius 1 is 1.00 bits per heavy atom. The van der Waals surface area contributed by atoms with E-state index in [1.54, 1.807) is 19.0 Å². The summed E-state index contributed by atoms with van der Waals surface area (Å²) in [6, 6.07) is 0.680. The topological polar surface area (TPSA) is 77.0 Å². The predicted molar refractivity (Wildman–Crippen MR) is 102 cm³/mol. The van der Waals surface area contributed by atoms with Crippen LogP contribution >= 0.6 is 0 Å². The summed E-state index contributed by atoms with van der Waals surface area (Å²) < 4.78 is 0. The number of rotatable bonds is 5. The smallest absolute Gasteiger partial charge is 0.243 e. The molecule has 1 atom stereocenters. The van der Waals surface area contributed by atoms with Crippen molar-refractivity contribution in [2.45, 2.75) is 63.5 Å². The molecule has 2 amide bonds. The Labute approximate surface area is 156 Å². The summed E-state index contributed by atoms with van der Waals surface area (Å²) in [6.07, 6.45) is 8.99. The van der Waals surface area contributed by atoms with E-state index in [4.69, 9.17) is 0 Å². The third-order valence-corrected chi connectivity index (χ3v) is 5.58. The fraction of sp³-hybridized carbons (Fsp3) is 0.842. The van der Waals surface area contributed by atoms with Gasteiger partial charge in [0.15, 0.2) is 5.96 Å². The summed E-state index contributed by atoms with van der Waals surface area (Å²) in [4.78, 5) is 32.5. The van der Waals surface area contributed by atoms with E-state index in [-0.39, 0.29) is 24.4 Å². The quantitative estimate of drug-likeness (QED) is 0.563. The van der Waals surface area contributed by atoms with Gasteiger partial charge in [0.05, 0.1) is 0 Å². The number of carbonyl (C=O) groups is 2. The van der Waals surface area contributed by atoms with Gasteiger partial charge in [-0.2, -0.15) is 0 Å². The maximum atomic E-state index is 12.7. The highest BCUT2D eigenvalue weighted by molar-refractivity contribution is 5.85. The van der Waals surface area contributed by atoms with Gasteiger partial charge in [-0.3, -0.25) is 9.59 Å². The molecule has 2 N–H and O–H groups in total. The Kier molecular flexibility index (Phi) is 6.38. The van der Waals surface area contributed by atoms with Crippen molar-refractivity contribution in [2.75, 3.05) is 33.7 Å². The second-order valence-electron chi connectivity index (χ2n) is 8.12. The van der Waals surface area contributed by atoms with Gasteiger partial charge in [0.2, 0.25) is 11.8 Å². The number of aliphatic imine (C=N–C) groups is 1. The van der Waals surface area contributed by atoms with E-state index in [9.17, 15) is 9.59 Å². The summed E-state index contributed by atoms with van der Waals surface area (Å²) in [5.41, 5.74) is 0. The molecule has 146 valence electrons. The van der Waals surface area contributed by atoms with Gasteiger partial charge in [-0.15, -0.1) is 0 Å². The fourth-order valence-corrected chi connectivity index (χ4v) is 3.72. The highest BCUT2D eigenvalue weighted by atomic mass is 16.2. The molecule has 0 bridgehead atoms. The molecule has 3 aliphatic rings. The van der Waals surface area contributed by atoms with Crippen molar-refractivity contribution < 1.29 is 9.59 Å². The number of hydrogen-bond acceptors (Lipinski definition) is 3. The third kappa shape index (κ3) is 5.35. The molecule has 1 unspecified atom stereocenters. The molecule has 2 aliphatic carbocycles. The van der Waals surface area contributed by atoms with Crippen LogP contribution in [0.15, 0.2) is 4.99 Å². The van der Waals surface area contributed by atoms with Crippen LogP contribution in [-0.4, -0.2) is 73.4 Å². The van der Waals surface area contributed by atoms with Crippen LogP contribution in [0.2, 0.25) is 0 Å². The maximum Gasteiger partial charge on any atom is 0.243 e. The first kappa shape index (κ1) is 19.0. The van der Waals surface area contributed by atoms with Crippen LogP contribution in [0.3, 0.4) is 0 Å². The third-order valence-electron chi connectivity index (χ3n) is 5.58. The van der Waals surface area contributed by atoms with Crippen LogP contribution < -0.4 is 10.6 Å². The molecule has 1 aliphatic heterocycles. The van der Waals surface area contributed by atoms with Crippen molar-refractivity contribution in [3.63, 3.8) is 0 Å². The molecule has 2 saturated carbocycles. The minimum atomic E-state index is -0.0116. The second-order valence-corrected chi connectivity index (χ2v) is 8.12. The first-order chi connectivity index (χ1) is 12.5. The zero-order chi connectivity index (χ0) is 18.5. The van der Waals surface area contributed by atoms with Crippen molar-refractivity contribution in [3.8, 4) is 0 Å². The average molecular weight is 364 g/mol. The molecular weight excluding hydrogens is 330 g/mol. The van der Waals surface area contributed by atoms with Crippen LogP contribution in [0, 0.1) is 5.92 Å². The number of amides is 2. The molecular formula is C19H33N5O2. The Hall–Kier alpha value is -1.79. The molecule has 3 rings (SSSR count). The Bertz CT molecular complexity index is 538. The van der Waals surface area contributed by atoms with Gasteiger partial charge in [-0.1, -0.05) is 19.3 Å². The number of likely N-dealkylation sites (tertiary alicyclic amines) is 1. The monoisotopic (exact) mass is 363 g/mol. The molecule has 0 spiro atoms. The summed E-state index contributed by atoms with van der Waals surface area (Å²) >= 11 is 0. The minimum Gasteiger partial charge on any atom is -0.354 e. The van der Waals surface area contributed by atoms with Gasteiger partial charge in [-0.25, -0.2) is 4.99 Å². The molecule has 0 aromatic heterocycles. The summed E-state index contributed by atoms with van der Waals surface area (Å²) in [6.45, 7) is 1.70. The van der Waals surface area contributed by atoms with Crippen molar-refractivity contribution in [1.82, 2.24) is 20.4 Å². The Morgan fingerprint density at radius 2 is 1.69 bits per heavy atom. The van der Waals surface area contributed by atoms with E-state index < -0.39 is 0 Å². The summed E-state index contributed by atoms with van der Waals surface area (Å²) in [5.74, 6) is 1.27. The molecule has 0 aromatic rings. The van der Waals surface area contributed by atoms with E-state index in [1.807, 2.05) is 4.90 Å². The van der Waals surface area contributed by atoms with Crippen molar-refractivity contribution >= 4 is 17.8 Å². The largest absolute Gasteiger partial charge is 0.354 e. The van der Waals surface area contributed by atoms with E-state index in [0.29, 0.717) is 17.9 Å². The lowest BCUT2D eigenvalue weighted by Gasteiger charge is -2.26. The first-order valence-corrected chi connectivity index (χ1v) is 10.1. The maximum absolute atomic E-state index is 12.7. The van der Waals surface area contributed by atoms with Crippen molar-refractivity contribution in [1.29, 1.82) is 0 Å². The van der Waals surface area contributed by atoms with Crippen molar-refractivity contribution in [3.05, 3.63) is 0 Å². The number of carbonyl (C=O) groups excluding carboxylic acids is 2. The average Bonchev–Trinajstić information content (AvgIpc) is 3.34. The lowest BCUT2D eigenvalue weighted by atomic mass is 9.88. The van der Waals surface area contributed by atoms with E-state index in [1.165, 1.54) is 19.3 Å². The zero-order valence-electron chi connectivity index (χ0n) is 16.2. The van der Waals surface area contributed by atoms with Gasteiger partial charge in [-0.05, 0) is 32.1 Å². The van der Waals surface area contributed by atoms with Crippen LogP contribution in [-0.2, 0) is 9.59 Å². The lowest BCUT2D eigenvalue weighted by molar-refractivity contribution is -0.135. The summed E-state index contributed by atoms with van der Waals surface area (Å²) in [7, 11) is 3.48. The zero-order valence-corrected chi connectivity index (χ0v) is 16.2. The molecule has 0 radical (unpaired) electrons. The number of likely N-dealkylation sites (N-methyl/N-ethyl adjacent to an activating group) is 1. The highest BCUT2D eigenvalue weighted by Gasteiger charge is 2.32. The van der Waals surface area contributed by atoms with Gasteiger partial charge in [0.1, 0.15) is 6.54 Å². The van der Waals surface area contributed by atoms with E-state index in [2.05, 4.69) is 15.6 Å². The van der Waals surface area contributed by atoms with Gasteiger partial charge in [0, 0.05) is 45.2 Å². The van der Waals surface area contributed by atoms with Crippen LogP contribution in [0.4, 0.5) is 0 Å². The molecule has 3 fully saturated rings. The molecule has 0 aromatic carbocycles. The SMILES string of the molecule is CN(C)C(=O)CN=C(NC1CC1)NC1CCN(C(=O)C2CCCCC2)C1. The van der Waals surface area contributed by atoms with Crippen LogP contribution in [0.25, 0.3) is 0 Å². The molecule has 26 heavy (non-hydrogen) atoms. The minimum absolute atomic E-state index is 0.0116. The Morgan fingerprint density at radius 3 is 2.35 bits per heavy atom. The van der Waals surface area contributed by atoms with Crippen LogP contribution in [0.1, 0.15) is 51.4 Å². The molecule has 7 heteroatoms. The summed E-state index contributed by atoms with van der Waals surface area (Å²) in [5, 5.41) is 6.83. The van der Waals surface area contributed by atoms with Gasteiger partial charge < -0.3 is 20.4 Å². The number of nitrogens with zero attached hydrogens (tertiary/aromatic N) is 3. The normalized spacial score (nSPS) is 24.5. The van der Waals surface area contributed by atoms with E-state index in [0.717, 1.165) is 45.2 Å². The van der Waals surface area contributed by atoms with Gasteiger partial charge >= 0.3 is 0 Å². The molecule has 1 saturated heterocycles. The second kappa shape index (κ2) is 8.73. The highest BCUT2D eigenvalue weighted by Crippen LogP contribution is 2.26. The molecule has 1 heterocycles. The standard InChI is InChI=1S/C19H33N5O2/c1-23(2)17(25)12-20-19(21-15-8-9-15)22-16-10-11-24(13-16)18(26)14-6-4-3-5-7-14/h14-16H,3-13H2,1-2H3,(H2,20,21,22). The first-order valence-electron chi connectivity index (χ1n) is 10.1. The van der Waals surface area contributed by atoms with Gasteiger partial charge in [0.25, 0.3) is 0 Å². The Balaban J connectivity index is 1.51. The fourth-order valence-electron chi connectivity index (χ4n) is 3.72. The van der Waals surface area contributed by atoms with Crippen molar-refractivity contribution in [2.24, 2.45) is 10.9 Å². The number of guanidine groups is 1.